The van der Waals surface area contributed by atoms with Gasteiger partial charge in [0.1, 0.15) is 0 Å². The largest absolute Gasteiger partial charge is 0.308 e. The summed E-state index contributed by atoms with van der Waals surface area (Å²) in [5, 5.41) is 10.1. The highest BCUT2D eigenvalue weighted by atomic mass is 15.0. The third-order valence-corrected chi connectivity index (χ3v) is 11.6. The lowest BCUT2D eigenvalue weighted by atomic mass is 10.0. The van der Waals surface area contributed by atoms with E-state index in [9.17, 15) is 0 Å². The van der Waals surface area contributed by atoms with Gasteiger partial charge in [0.15, 0.2) is 17.5 Å². The normalized spacial score (nSPS) is 12.2. The molecular formula is C52H32N4. The summed E-state index contributed by atoms with van der Waals surface area (Å²) < 4.78 is 2.49. The molecule has 1 aliphatic carbocycles. The zero-order valence-electron chi connectivity index (χ0n) is 30.3. The molecule has 0 amide bonds. The van der Waals surface area contributed by atoms with E-state index in [2.05, 4.69) is 162 Å². The first-order valence-electron chi connectivity index (χ1n) is 19.2. The van der Waals surface area contributed by atoms with Gasteiger partial charge >= 0.3 is 0 Å². The maximum Gasteiger partial charge on any atom is 0.164 e. The molecule has 0 bridgehead atoms. The predicted octanol–water partition coefficient (Wildman–Crippen LogP) is 13.0. The van der Waals surface area contributed by atoms with Gasteiger partial charge in [0.2, 0.25) is 0 Å². The summed E-state index contributed by atoms with van der Waals surface area (Å²) >= 11 is 0. The van der Waals surface area contributed by atoms with Crippen LogP contribution in [0.3, 0.4) is 0 Å². The third-order valence-electron chi connectivity index (χ3n) is 11.6. The van der Waals surface area contributed by atoms with Gasteiger partial charge in [-0.3, -0.25) is 0 Å². The highest BCUT2D eigenvalue weighted by Crippen LogP contribution is 2.43. The van der Waals surface area contributed by atoms with E-state index in [1.165, 1.54) is 65.4 Å². The molecule has 0 aliphatic heterocycles. The minimum Gasteiger partial charge on any atom is -0.308 e. The zero-order chi connectivity index (χ0) is 36.7. The van der Waals surface area contributed by atoms with Crippen LogP contribution in [0.15, 0.2) is 182 Å². The van der Waals surface area contributed by atoms with Crippen molar-refractivity contribution in [1.29, 1.82) is 0 Å². The number of rotatable bonds is 4. The van der Waals surface area contributed by atoms with Gasteiger partial charge in [0.25, 0.3) is 0 Å². The molecule has 1 aliphatic rings. The number of benzene rings is 8. The van der Waals surface area contributed by atoms with Crippen molar-refractivity contribution in [3.8, 4) is 45.3 Å². The van der Waals surface area contributed by atoms with Crippen LogP contribution < -0.4 is 0 Å². The van der Waals surface area contributed by atoms with Crippen LogP contribution in [0.1, 0.15) is 11.1 Å². The second-order valence-corrected chi connectivity index (χ2v) is 14.8. The minimum atomic E-state index is 0.642. The molecule has 260 valence electrons. The Balaban J connectivity index is 1.14. The van der Waals surface area contributed by atoms with Crippen molar-refractivity contribution in [3.63, 3.8) is 0 Å². The second kappa shape index (κ2) is 12.0. The highest BCUT2D eigenvalue weighted by Gasteiger charge is 2.21. The summed E-state index contributed by atoms with van der Waals surface area (Å²) in [6, 6.07) is 65.2. The van der Waals surface area contributed by atoms with E-state index in [1.807, 2.05) is 24.3 Å². The minimum absolute atomic E-state index is 0.642. The summed E-state index contributed by atoms with van der Waals surface area (Å²) in [6.45, 7) is 0. The Kier molecular flexibility index (Phi) is 6.66. The van der Waals surface area contributed by atoms with Crippen molar-refractivity contribution in [2.75, 3.05) is 0 Å². The molecule has 11 aromatic rings. The fourth-order valence-electron chi connectivity index (χ4n) is 9.10. The Bertz CT molecular complexity index is 3420. The first-order chi connectivity index (χ1) is 27.8. The van der Waals surface area contributed by atoms with Gasteiger partial charge in [-0.2, -0.15) is 0 Å². The van der Waals surface area contributed by atoms with Crippen LogP contribution in [-0.2, 0) is 6.42 Å². The Labute approximate surface area is 322 Å². The smallest absolute Gasteiger partial charge is 0.164 e. The molecule has 0 unspecified atom stereocenters. The monoisotopic (exact) mass is 712 g/mol. The molecule has 0 N–H and O–H groups in total. The topological polar surface area (TPSA) is 43.1 Å². The van der Waals surface area contributed by atoms with Gasteiger partial charge < -0.3 is 4.40 Å². The molecular weight excluding hydrogens is 681 g/mol. The molecule has 0 saturated heterocycles. The van der Waals surface area contributed by atoms with Crippen molar-refractivity contribution in [2.45, 2.75) is 6.42 Å². The van der Waals surface area contributed by atoms with E-state index < -0.39 is 0 Å². The molecule has 56 heavy (non-hydrogen) atoms. The molecule has 8 aromatic carbocycles. The lowest BCUT2D eigenvalue weighted by Crippen LogP contribution is -2.00. The molecule has 0 fully saturated rings. The third kappa shape index (κ3) is 4.63. The van der Waals surface area contributed by atoms with Crippen LogP contribution >= 0.6 is 0 Å². The van der Waals surface area contributed by atoms with Crippen molar-refractivity contribution < 1.29 is 0 Å². The molecule has 0 spiro atoms. The van der Waals surface area contributed by atoms with Crippen LogP contribution in [0.5, 0.6) is 0 Å². The number of nitrogens with zero attached hydrogens (tertiary/aromatic N) is 4. The summed E-state index contributed by atoms with van der Waals surface area (Å²) in [5.74, 6) is 1.93. The lowest BCUT2D eigenvalue weighted by molar-refractivity contribution is 1.07. The molecule has 4 heteroatoms. The zero-order valence-corrected chi connectivity index (χ0v) is 30.3. The van der Waals surface area contributed by atoms with E-state index in [0.29, 0.717) is 17.5 Å². The number of fused-ring (bicyclic) bond motifs is 7. The van der Waals surface area contributed by atoms with Crippen LogP contribution in [0, 0.1) is 0 Å². The quantitative estimate of drug-likeness (QED) is 0.182. The number of aromatic nitrogens is 4. The van der Waals surface area contributed by atoms with E-state index in [1.54, 1.807) is 0 Å². The standard InChI is InChI=1S/C52H32N4/c1-3-12-32(13-4-1)33-24-26-35(27-25-33)51-53-50(34-14-5-2-6-15-34)54-52(55-51)38-28-29-46-44(31-38)43-22-11-21-42-41-20-10-17-37-30-36-16-9-19-40(47(36)48(37)41)39-18-7-8-23-45(39)56(46)49(42)43/h1-29,31H,30H2. The molecule has 3 heterocycles. The Morgan fingerprint density at radius 3 is 1.46 bits per heavy atom. The van der Waals surface area contributed by atoms with Crippen LogP contribution in [0.25, 0.3) is 105 Å². The molecule has 3 aromatic heterocycles. The van der Waals surface area contributed by atoms with Crippen LogP contribution in [-0.4, -0.2) is 19.4 Å². The Morgan fingerprint density at radius 2 is 0.768 bits per heavy atom. The summed E-state index contributed by atoms with van der Waals surface area (Å²) in [5.41, 5.74) is 11.5. The maximum absolute atomic E-state index is 5.17. The SMILES string of the molecule is c1ccc(-c2ccc(-c3nc(-c4ccccc4)nc(-c4ccc5c(c4)c4cccc6c7cccc8c7c7c(cccc7c7ccccc7n5c64)C8)n3)cc2)cc1. The summed E-state index contributed by atoms with van der Waals surface area (Å²) in [6.07, 6.45) is 0.951. The van der Waals surface area contributed by atoms with E-state index in [-0.39, 0.29) is 0 Å². The Morgan fingerprint density at radius 1 is 0.321 bits per heavy atom. The highest BCUT2D eigenvalue weighted by molar-refractivity contribution is 6.27. The Hall–Kier alpha value is -7.43. The predicted molar refractivity (Wildman–Crippen MR) is 232 cm³/mol. The second-order valence-electron chi connectivity index (χ2n) is 14.8. The van der Waals surface area contributed by atoms with Crippen LogP contribution in [0.4, 0.5) is 0 Å². The molecule has 0 saturated carbocycles. The van der Waals surface area contributed by atoms with Crippen molar-refractivity contribution in [3.05, 3.63) is 193 Å². The van der Waals surface area contributed by atoms with Gasteiger partial charge in [-0.25, -0.2) is 15.0 Å². The van der Waals surface area contributed by atoms with Gasteiger partial charge in [-0.15, -0.1) is 0 Å². The molecule has 12 rings (SSSR count). The fourth-order valence-corrected chi connectivity index (χ4v) is 9.10. The average Bonchev–Trinajstić information content (AvgIpc) is 3.83. The van der Waals surface area contributed by atoms with Gasteiger partial charge in [0.05, 0.1) is 16.6 Å². The van der Waals surface area contributed by atoms with Crippen molar-refractivity contribution >= 4 is 59.6 Å². The number of hydrogen-bond acceptors (Lipinski definition) is 3. The van der Waals surface area contributed by atoms with E-state index in [4.69, 9.17) is 15.0 Å². The average molecular weight is 713 g/mol. The molecule has 0 atom stereocenters. The summed E-state index contributed by atoms with van der Waals surface area (Å²) in [4.78, 5) is 15.3. The van der Waals surface area contributed by atoms with Crippen molar-refractivity contribution in [1.82, 2.24) is 19.4 Å². The maximum atomic E-state index is 5.17. The van der Waals surface area contributed by atoms with E-state index in [0.717, 1.165) is 39.6 Å². The summed E-state index contributed by atoms with van der Waals surface area (Å²) in [7, 11) is 0. The van der Waals surface area contributed by atoms with Gasteiger partial charge in [-0.05, 0) is 74.5 Å². The first-order valence-corrected chi connectivity index (χ1v) is 19.2. The number of hydrogen-bond donors (Lipinski definition) is 0. The molecule has 0 radical (unpaired) electrons. The molecule has 4 nitrogen and oxygen atoms in total. The first kappa shape index (κ1) is 31.0. The van der Waals surface area contributed by atoms with E-state index >= 15 is 0 Å². The van der Waals surface area contributed by atoms with Crippen molar-refractivity contribution in [2.24, 2.45) is 0 Å². The fraction of sp³-hybridized carbons (Fsp3) is 0.0192. The number of para-hydroxylation sites is 2. The van der Waals surface area contributed by atoms with Gasteiger partial charge in [-0.1, -0.05) is 158 Å². The van der Waals surface area contributed by atoms with Crippen LogP contribution in [0.2, 0.25) is 0 Å². The van der Waals surface area contributed by atoms with Gasteiger partial charge in [0, 0.05) is 38.2 Å². The lowest BCUT2D eigenvalue weighted by Gasteiger charge is -2.09.